The summed E-state index contributed by atoms with van der Waals surface area (Å²) in [5.41, 5.74) is 3.21. The van der Waals surface area contributed by atoms with Crippen molar-refractivity contribution in [3.05, 3.63) is 82.4 Å². The van der Waals surface area contributed by atoms with E-state index < -0.39 is 43.5 Å². The zero-order chi connectivity index (χ0) is 30.6. The Morgan fingerprint density at radius 1 is 0.634 bits per heavy atom. The molecule has 3 aromatic carbocycles. The van der Waals surface area contributed by atoms with Crippen molar-refractivity contribution < 1.29 is 38.4 Å². The maximum absolute atomic E-state index is 13.9. The molecular weight excluding hydrogens is 591 g/mol. The van der Waals surface area contributed by atoms with Crippen molar-refractivity contribution in [3.8, 4) is 5.75 Å². The van der Waals surface area contributed by atoms with E-state index in [-0.39, 0.29) is 27.8 Å². The molecule has 13 heteroatoms. The van der Waals surface area contributed by atoms with Crippen molar-refractivity contribution in [1.82, 2.24) is 4.31 Å². The van der Waals surface area contributed by atoms with Gasteiger partial charge in [-0.1, -0.05) is 35.4 Å². The van der Waals surface area contributed by atoms with Crippen LogP contribution >= 0.6 is 0 Å². The lowest BCUT2D eigenvalue weighted by Crippen LogP contribution is -2.38. The van der Waals surface area contributed by atoms with Crippen LogP contribution < -0.4 is 4.74 Å². The molecule has 3 aromatic rings. The lowest BCUT2D eigenvalue weighted by Gasteiger charge is -2.25. The van der Waals surface area contributed by atoms with Crippen LogP contribution in [-0.2, 0) is 38.6 Å². The fourth-order valence-electron chi connectivity index (χ4n) is 4.16. The lowest BCUT2D eigenvalue weighted by atomic mass is 10.1. The van der Waals surface area contributed by atoms with Gasteiger partial charge in [0, 0.05) is 13.1 Å². The zero-order valence-corrected chi connectivity index (χ0v) is 26.3. The number of aryl methyl sites for hydroxylation is 3. The van der Waals surface area contributed by atoms with Crippen LogP contribution in [0.15, 0.2) is 69.3 Å². The highest BCUT2D eigenvalue weighted by atomic mass is 32.2. The molecule has 3 rings (SSSR count). The highest BCUT2D eigenvalue weighted by Crippen LogP contribution is 2.32. The number of benzene rings is 3. The van der Waals surface area contributed by atoms with Gasteiger partial charge in [-0.15, -0.1) is 0 Å². The lowest BCUT2D eigenvalue weighted by molar-refractivity contribution is 0.242. The Morgan fingerprint density at radius 2 is 1.05 bits per heavy atom. The van der Waals surface area contributed by atoms with Gasteiger partial charge in [-0.25, -0.2) is 8.42 Å². The second kappa shape index (κ2) is 13.0. The van der Waals surface area contributed by atoms with Crippen molar-refractivity contribution in [3.63, 3.8) is 0 Å². The van der Waals surface area contributed by atoms with E-state index >= 15 is 0 Å². The summed E-state index contributed by atoms with van der Waals surface area (Å²) in [4.78, 5) is -0.122. The molecule has 41 heavy (non-hydrogen) atoms. The van der Waals surface area contributed by atoms with E-state index in [2.05, 4.69) is 0 Å². The fourth-order valence-corrected chi connectivity index (χ4v) is 7.85. The van der Waals surface area contributed by atoms with Gasteiger partial charge in [0.2, 0.25) is 10.0 Å². The maximum atomic E-state index is 13.9. The minimum atomic E-state index is -4.26. The minimum absolute atomic E-state index is 0.0126. The van der Waals surface area contributed by atoms with Gasteiger partial charge in [-0.3, -0.25) is 8.37 Å². The van der Waals surface area contributed by atoms with Gasteiger partial charge >= 0.3 is 0 Å². The summed E-state index contributed by atoms with van der Waals surface area (Å²) in [6.07, 6.45) is 0. The first kappa shape index (κ1) is 32.7. The standard InChI is InChI=1S/C28H35NO9S3/c1-20-7-11-25(12-8-20)40(32,33)37-17-15-29(16-18-38-41(34,35)26-13-9-21(2)10-14-26)39(30,31)28-22(3)19-27(36-6)23(4)24(28)5/h7-14,19H,15-18H2,1-6H3. The molecule has 0 unspecified atom stereocenters. The van der Waals surface area contributed by atoms with Crippen LogP contribution in [0.3, 0.4) is 0 Å². The summed E-state index contributed by atoms with van der Waals surface area (Å²) in [7, 11) is -11.1. The molecule has 224 valence electrons. The quantitative estimate of drug-likeness (QED) is 0.258. The Kier molecular flexibility index (Phi) is 10.4. The number of hydrogen-bond donors (Lipinski definition) is 0. The fraction of sp³-hybridized carbons (Fsp3) is 0.357. The van der Waals surface area contributed by atoms with E-state index in [9.17, 15) is 25.3 Å². The Hall–Kier alpha value is -2.81. The van der Waals surface area contributed by atoms with Gasteiger partial charge in [0.15, 0.2) is 0 Å². The Labute approximate surface area is 243 Å². The van der Waals surface area contributed by atoms with Crippen LogP contribution in [-0.4, -0.2) is 63.0 Å². The molecule has 0 aliphatic rings. The average molecular weight is 626 g/mol. The molecule has 0 aromatic heterocycles. The summed E-state index contributed by atoms with van der Waals surface area (Å²) in [6.45, 7) is 6.84. The third kappa shape index (κ3) is 7.73. The van der Waals surface area contributed by atoms with Crippen LogP contribution in [0.2, 0.25) is 0 Å². The first-order valence-corrected chi connectivity index (χ1v) is 16.9. The predicted molar refractivity (Wildman–Crippen MR) is 155 cm³/mol. The van der Waals surface area contributed by atoms with Crippen molar-refractivity contribution in [1.29, 1.82) is 0 Å². The molecule has 0 spiro atoms. The van der Waals surface area contributed by atoms with Gasteiger partial charge in [-0.2, -0.15) is 21.1 Å². The second-order valence-corrected chi connectivity index (χ2v) is 14.7. The zero-order valence-electron chi connectivity index (χ0n) is 23.9. The maximum Gasteiger partial charge on any atom is 0.297 e. The number of rotatable bonds is 13. The monoisotopic (exact) mass is 625 g/mol. The van der Waals surface area contributed by atoms with Crippen molar-refractivity contribution >= 4 is 30.3 Å². The minimum Gasteiger partial charge on any atom is -0.496 e. The average Bonchev–Trinajstić information content (AvgIpc) is 2.90. The molecule has 0 fully saturated rings. The van der Waals surface area contributed by atoms with E-state index in [0.717, 1.165) is 15.4 Å². The highest BCUT2D eigenvalue weighted by molar-refractivity contribution is 7.89. The number of hydrogen-bond acceptors (Lipinski definition) is 9. The van der Waals surface area contributed by atoms with Gasteiger partial charge in [0.1, 0.15) is 5.75 Å². The molecule has 0 saturated carbocycles. The molecule has 0 atom stereocenters. The first-order chi connectivity index (χ1) is 19.1. The van der Waals surface area contributed by atoms with Gasteiger partial charge in [-0.05, 0) is 81.6 Å². The van der Waals surface area contributed by atoms with Crippen LogP contribution in [0, 0.1) is 34.6 Å². The molecule has 10 nitrogen and oxygen atoms in total. The molecule has 0 radical (unpaired) electrons. The summed E-state index contributed by atoms with van der Waals surface area (Å²) < 4.78 is 95.2. The number of sulfonamides is 1. The second-order valence-electron chi connectivity index (χ2n) is 9.56. The van der Waals surface area contributed by atoms with E-state index in [0.29, 0.717) is 22.4 Å². The smallest absolute Gasteiger partial charge is 0.297 e. The number of nitrogens with zero attached hydrogens (tertiary/aromatic N) is 1. The van der Waals surface area contributed by atoms with Crippen LogP contribution in [0.25, 0.3) is 0 Å². The van der Waals surface area contributed by atoms with Crippen LogP contribution in [0.4, 0.5) is 0 Å². The largest absolute Gasteiger partial charge is 0.496 e. The highest BCUT2D eigenvalue weighted by Gasteiger charge is 2.30. The predicted octanol–water partition coefficient (Wildman–Crippen LogP) is 4.04. The summed E-state index contributed by atoms with van der Waals surface area (Å²) >= 11 is 0. The summed E-state index contributed by atoms with van der Waals surface area (Å²) in [5.74, 6) is 0.519. The van der Waals surface area contributed by atoms with Gasteiger partial charge < -0.3 is 4.74 Å². The molecule has 0 amide bonds. The summed E-state index contributed by atoms with van der Waals surface area (Å²) in [6, 6.07) is 13.7. The van der Waals surface area contributed by atoms with E-state index in [1.807, 2.05) is 13.8 Å². The van der Waals surface area contributed by atoms with E-state index in [1.54, 1.807) is 51.1 Å². The number of methoxy groups -OCH3 is 1. The molecular formula is C28H35NO9S3. The Bertz CT molecular complexity index is 1620. The summed E-state index contributed by atoms with van der Waals surface area (Å²) in [5, 5.41) is 0. The third-order valence-electron chi connectivity index (χ3n) is 6.57. The SMILES string of the molecule is COc1cc(C)c(S(=O)(=O)N(CCOS(=O)(=O)c2ccc(C)cc2)CCOS(=O)(=O)c2ccc(C)cc2)c(C)c1C. The van der Waals surface area contributed by atoms with Crippen molar-refractivity contribution in [2.24, 2.45) is 0 Å². The van der Waals surface area contributed by atoms with Gasteiger partial charge in [0.05, 0.1) is 35.0 Å². The third-order valence-corrected chi connectivity index (χ3v) is 11.4. The number of ether oxygens (including phenoxy) is 1. The molecule has 0 saturated heterocycles. The molecule has 0 bridgehead atoms. The van der Waals surface area contributed by atoms with Crippen LogP contribution in [0.5, 0.6) is 5.75 Å². The van der Waals surface area contributed by atoms with Gasteiger partial charge in [0.25, 0.3) is 20.2 Å². The topological polar surface area (TPSA) is 133 Å². The van der Waals surface area contributed by atoms with Crippen molar-refractivity contribution in [2.75, 3.05) is 33.4 Å². The molecule has 0 aliphatic heterocycles. The van der Waals surface area contributed by atoms with E-state index in [1.165, 1.54) is 31.4 Å². The molecule has 0 heterocycles. The van der Waals surface area contributed by atoms with Crippen molar-refractivity contribution in [2.45, 2.75) is 49.3 Å². The Balaban J connectivity index is 1.88. The van der Waals surface area contributed by atoms with E-state index in [4.69, 9.17) is 13.1 Å². The molecule has 0 N–H and O–H groups in total. The Morgan fingerprint density at radius 3 is 1.44 bits per heavy atom. The normalized spacial score (nSPS) is 12.6. The van der Waals surface area contributed by atoms with Crippen LogP contribution in [0.1, 0.15) is 27.8 Å². The molecule has 0 aliphatic carbocycles. The first-order valence-electron chi connectivity index (χ1n) is 12.7.